The van der Waals surface area contributed by atoms with Crippen LogP contribution < -0.4 is 10.6 Å². The minimum atomic E-state index is -0.356. The van der Waals surface area contributed by atoms with Crippen molar-refractivity contribution >= 4 is 28.2 Å². The van der Waals surface area contributed by atoms with Crippen molar-refractivity contribution in [2.24, 2.45) is 0 Å². The Bertz CT molecular complexity index is 880. The van der Waals surface area contributed by atoms with Crippen LogP contribution in [0.25, 0.3) is 10.7 Å². The summed E-state index contributed by atoms with van der Waals surface area (Å²) in [5.41, 5.74) is 2.62. The van der Waals surface area contributed by atoms with E-state index in [9.17, 15) is 4.79 Å². The third kappa shape index (κ3) is 3.65. The van der Waals surface area contributed by atoms with Gasteiger partial charge in [-0.2, -0.15) is 0 Å². The lowest BCUT2D eigenvalue weighted by atomic mass is 9.97. The van der Waals surface area contributed by atoms with Gasteiger partial charge >= 0.3 is 6.03 Å². The molecule has 7 nitrogen and oxygen atoms in total. The monoisotopic (exact) mass is 353 g/mol. The molecular weight excluding hydrogens is 338 g/mol. The van der Waals surface area contributed by atoms with Gasteiger partial charge in [0.25, 0.3) is 0 Å². The first-order valence-corrected chi connectivity index (χ1v) is 8.60. The molecule has 1 aliphatic rings. The number of carbonyl (C=O) groups is 1. The lowest BCUT2D eigenvalue weighted by molar-refractivity contribution is 0.00845. The topological polar surface area (TPSA) is 89.0 Å². The van der Waals surface area contributed by atoms with Gasteiger partial charge in [0.05, 0.1) is 13.2 Å². The Labute approximate surface area is 148 Å². The fraction of sp³-hybridized carbons (Fsp3) is 0.176. The molecule has 3 heterocycles. The molecule has 4 rings (SSSR count). The van der Waals surface area contributed by atoms with Crippen LogP contribution >= 0.6 is 11.3 Å². The number of nitrogens with zero attached hydrogens (tertiary/aromatic N) is 3. The molecule has 1 aromatic carbocycles. The van der Waals surface area contributed by atoms with Crippen LogP contribution in [0.2, 0.25) is 0 Å². The molecular formula is C17H15N5O2S. The third-order valence-corrected chi connectivity index (χ3v) is 4.64. The van der Waals surface area contributed by atoms with Gasteiger partial charge < -0.3 is 10.1 Å². The van der Waals surface area contributed by atoms with E-state index in [4.69, 9.17) is 4.74 Å². The Morgan fingerprint density at radius 1 is 1.12 bits per heavy atom. The summed E-state index contributed by atoms with van der Waals surface area (Å²) in [6.45, 7) is 1.47. The van der Waals surface area contributed by atoms with E-state index in [-0.39, 0.29) is 6.03 Å². The molecule has 2 N–H and O–H groups in total. The normalized spacial score (nSPS) is 13.9. The quantitative estimate of drug-likeness (QED) is 0.751. The molecule has 1 fully saturated rings. The van der Waals surface area contributed by atoms with Crippen LogP contribution in [-0.2, 0) is 4.74 Å². The first kappa shape index (κ1) is 15.7. The van der Waals surface area contributed by atoms with Crippen molar-refractivity contribution in [3.63, 3.8) is 0 Å². The van der Waals surface area contributed by atoms with Gasteiger partial charge in [0.1, 0.15) is 5.69 Å². The third-order valence-electron chi connectivity index (χ3n) is 3.78. The lowest BCUT2D eigenvalue weighted by Crippen LogP contribution is -2.25. The van der Waals surface area contributed by atoms with Gasteiger partial charge in [-0.1, -0.05) is 29.5 Å². The SMILES string of the molecule is O=C(Nc1cccc(C2COC2)c1)Nc1nnc(-c2ccccn2)s1. The van der Waals surface area contributed by atoms with Crippen molar-refractivity contribution in [1.29, 1.82) is 0 Å². The van der Waals surface area contributed by atoms with E-state index in [1.165, 1.54) is 11.3 Å². The average molecular weight is 353 g/mol. The summed E-state index contributed by atoms with van der Waals surface area (Å²) in [5.74, 6) is 0.411. The van der Waals surface area contributed by atoms with Gasteiger partial charge in [-0.3, -0.25) is 10.3 Å². The molecule has 0 aliphatic carbocycles. The number of amides is 2. The maximum Gasteiger partial charge on any atom is 0.325 e. The zero-order chi connectivity index (χ0) is 17.1. The summed E-state index contributed by atoms with van der Waals surface area (Å²) >= 11 is 1.27. The smallest absolute Gasteiger partial charge is 0.325 e. The molecule has 3 aromatic rings. The first-order chi connectivity index (χ1) is 12.3. The average Bonchev–Trinajstić information content (AvgIpc) is 3.03. The van der Waals surface area contributed by atoms with Crippen LogP contribution in [0.3, 0.4) is 0 Å². The Morgan fingerprint density at radius 3 is 2.80 bits per heavy atom. The Kier molecular flexibility index (Phi) is 4.36. The summed E-state index contributed by atoms with van der Waals surface area (Å²) in [4.78, 5) is 16.4. The summed E-state index contributed by atoms with van der Waals surface area (Å²) in [6, 6.07) is 13.0. The molecule has 8 heteroatoms. The van der Waals surface area contributed by atoms with E-state index in [0.717, 1.165) is 30.2 Å². The molecule has 0 unspecified atom stereocenters. The predicted molar refractivity (Wildman–Crippen MR) is 95.8 cm³/mol. The molecule has 0 radical (unpaired) electrons. The number of anilines is 2. The summed E-state index contributed by atoms with van der Waals surface area (Å²) in [5, 5.41) is 14.6. The van der Waals surface area contributed by atoms with E-state index >= 15 is 0 Å². The predicted octanol–water partition coefficient (Wildman–Crippen LogP) is 3.36. The Hall–Kier alpha value is -2.84. The summed E-state index contributed by atoms with van der Waals surface area (Å²) < 4.78 is 5.21. The highest BCUT2D eigenvalue weighted by molar-refractivity contribution is 7.18. The second-order valence-corrected chi connectivity index (χ2v) is 6.54. The molecule has 25 heavy (non-hydrogen) atoms. The lowest BCUT2D eigenvalue weighted by Gasteiger charge is -2.26. The second-order valence-electron chi connectivity index (χ2n) is 5.57. The number of rotatable bonds is 4. The maximum atomic E-state index is 12.2. The minimum Gasteiger partial charge on any atom is -0.380 e. The molecule has 1 aliphatic heterocycles. The van der Waals surface area contributed by atoms with Gasteiger partial charge in [0.2, 0.25) is 5.13 Å². The van der Waals surface area contributed by atoms with Crippen LogP contribution in [0.4, 0.5) is 15.6 Å². The number of aromatic nitrogens is 3. The number of ether oxygens (including phenoxy) is 1. The zero-order valence-electron chi connectivity index (χ0n) is 13.2. The maximum absolute atomic E-state index is 12.2. The number of urea groups is 1. The van der Waals surface area contributed by atoms with Crippen molar-refractivity contribution in [3.05, 3.63) is 54.2 Å². The van der Waals surface area contributed by atoms with Crippen LogP contribution in [0.5, 0.6) is 0 Å². The van der Waals surface area contributed by atoms with Gasteiger partial charge in [0.15, 0.2) is 5.01 Å². The van der Waals surface area contributed by atoms with Gasteiger partial charge in [-0.05, 0) is 29.8 Å². The molecule has 0 atom stereocenters. The Balaban J connectivity index is 1.40. The minimum absolute atomic E-state index is 0.356. The van der Waals surface area contributed by atoms with Crippen LogP contribution in [0.15, 0.2) is 48.7 Å². The number of nitrogens with one attached hydrogen (secondary N) is 2. The van der Waals surface area contributed by atoms with Gasteiger partial charge in [-0.25, -0.2) is 4.79 Å². The van der Waals surface area contributed by atoms with Crippen molar-refractivity contribution in [1.82, 2.24) is 15.2 Å². The number of carbonyl (C=O) groups excluding carboxylic acids is 1. The fourth-order valence-corrected chi connectivity index (χ4v) is 3.14. The molecule has 2 aromatic heterocycles. The molecule has 2 amide bonds. The first-order valence-electron chi connectivity index (χ1n) is 7.78. The van der Waals surface area contributed by atoms with Crippen molar-refractivity contribution < 1.29 is 9.53 Å². The largest absolute Gasteiger partial charge is 0.380 e. The molecule has 0 spiro atoms. The van der Waals surface area contributed by atoms with Crippen LogP contribution in [0, 0.1) is 0 Å². The fourth-order valence-electron chi connectivity index (χ4n) is 2.42. The highest BCUT2D eigenvalue weighted by Gasteiger charge is 2.20. The van der Waals surface area contributed by atoms with E-state index in [2.05, 4.69) is 25.8 Å². The number of hydrogen-bond donors (Lipinski definition) is 2. The number of pyridine rings is 1. The van der Waals surface area contributed by atoms with E-state index in [1.807, 2.05) is 42.5 Å². The van der Waals surface area contributed by atoms with Crippen molar-refractivity contribution in [2.75, 3.05) is 23.8 Å². The number of hydrogen-bond acceptors (Lipinski definition) is 6. The highest BCUT2D eigenvalue weighted by Crippen LogP contribution is 2.27. The van der Waals surface area contributed by atoms with Crippen LogP contribution in [0.1, 0.15) is 11.5 Å². The molecule has 0 bridgehead atoms. The second kappa shape index (κ2) is 6.96. The van der Waals surface area contributed by atoms with E-state index in [0.29, 0.717) is 16.1 Å². The summed E-state index contributed by atoms with van der Waals surface area (Å²) in [6.07, 6.45) is 1.69. The summed E-state index contributed by atoms with van der Waals surface area (Å²) in [7, 11) is 0. The van der Waals surface area contributed by atoms with E-state index in [1.54, 1.807) is 6.20 Å². The zero-order valence-corrected chi connectivity index (χ0v) is 14.0. The van der Waals surface area contributed by atoms with Crippen LogP contribution in [-0.4, -0.2) is 34.4 Å². The van der Waals surface area contributed by atoms with Crippen molar-refractivity contribution in [3.8, 4) is 10.7 Å². The standard InChI is InChI=1S/C17H15N5O2S/c23-16(19-13-5-3-4-11(8-13)12-9-24-10-12)20-17-22-21-15(25-17)14-6-1-2-7-18-14/h1-8,12H,9-10H2,(H2,19,20,22,23). The molecule has 1 saturated heterocycles. The van der Waals surface area contributed by atoms with Crippen molar-refractivity contribution in [2.45, 2.75) is 5.92 Å². The number of benzene rings is 1. The van der Waals surface area contributed by atoms with Gasteiger partial charge in [0, 0.05) is 17.8 Å². The van der Waals surface area contributed by atoms with E-state index < -0.39 is 0 Å². The highest BCUT2D eigenvalue weighted by atomic mass is 32.1. The van der Waals surface area contributed by atoms with Gasteiger partial charge in [-0.15, -0.1) is 10.2 Å². The Morgan fingerprint density at radius 2 is 2.04 bits per heavy atom. The molecule has 126 valence electrons. The molecule has 0 saturated carbocycles.